The summed E-state index contributed by atoms with van der Waals surface area (Å²) in [6.07, 6.45) is -0.875. The molecule has 1 heterocycles. The number of benzene rings is 1. The van der Waals surface area contributed by atoms with Crippen LogP contribution in [0.4, 0.5) is 4.79 Å². The van der Waals surface area contributed by atoms with Crippen LogP contribution in [-0.2, 0) is 20.7 Å². The number of hydrogen-bond donors (Lipinski definition) is 0. The van der Waals surface area contributed by atoms with E-state index in [-0.39, 0.29) is 12.8 Å². The second kappa shape index (κ2) is 7.85. The van der Waals surface area contributed by atoms with Crippen LogP contribution >= 0.6 is 0 Å². The Bertz CT molecular complexity index is 666. The van der Waals surface area contributed by atoms with E-state index in [9.17, 15) is 9.59 Å². The minimum atomic E-state index is -0.950. The van der Waals surface area contributed by atoms with Crippen LogP contribution in [0.5, 0.6) is 11.5 Å². The molecule has 144 valence electrons. The Labute approximate surface area is 154 Å². The van der Waals surface area contributed by atoms with E-state index in [4.69, 9.17) is 18.9 Å². The van der Waals surface area contributed by atoms with Gasteiger partial charge in [0.05, 0.1) is 5.41 Å². The van der Waals surface area contributed by atoms with E-state index >= 15 is 0 Å². The van der Waals surface area contributed by atoms with Gasteiger partial charge in [-0.15, -0.1) is 0 Å². The van der Waals surface area contributed by atoms with Crippen molar-refractivity contribution < 1.29 is 28.5 Å². The number of rotatable bonds is 5. The number of ether oxygens (including phenoxy) is 4. The molecule has 0 saturated carbocycles. The fourth-order valence-electron chi connectivity index (χ4n) is 2.30. The molecule has 0 N–H and O–H groups in total. The number of hydrogen-bond acceptors (Lipinski definition) is 6. The first kappa shape index (κ1) is 19.9. The van der Waals surface area contributed by atoms with Gasteiger partial charge >= 0.3 is 12.1 Å². The molecule has 0 spiro atoms. The summed E-state index contributed by atoms with van der Waals surface area (Å²) in [5, 5.41) is 0. The zero-order chi connectivity index (χ0) is 19.5. The predicted octanol–water partition coefficient (Wildman–Crippen LogP) is 3.35. The van der Waals surface area contributed by atoms with Gasteiger partial charge in [-0.25, -0.2) is 4.79 Å². The van der Waals surface area contributed by atoms with Gasteiger partial charge < -0.3 is 23.8 Å². The average Bonchev–Trinajstić information content (AvgIpc) is 3.00. The molecule has 0 aromatic heterocycles. The minimum Gasteiger partial charge on any atom is -0.454 e. The Morgan fingerprint density at radius 2 is 1.81 bits per heavy atom. The third kappa shape index (κ3) is 5.03. The molecule has 2 atom stereocenters. The number of fused-ring (bicyclic) bond motifs is 1. The number of esters is 1. The van der Waals surface area contributed by atoms with Gasteiger partial charge in [-0.2, -0.15) is 0 Å². The quantitative estimate of drug-likeness (QED) is 0.588. The van der Waals surface area contributed by atoms with Crippen molar-refractivity contribution in [2.24, 2.45) is 5.41 Å². The first-order valence-electron chi connectivity index (χ1n) is 8.61. The fourth-order valence-corrected chi connectivity index (χ4v) is 2.30. The highest BCUT2D eigenvalue weighted by Gasteiger charge is 2.27. The molecule has 26 heavy (non-hydrogen) atoms. The number of amides is 1. The molecule has 0 bridgehead atoms. The summed E-state index contributed by atoms with van der Waals surface area (Å²) < 4.78 is 21.0. The smallest absolute Gasteiger partial charge is 0.412 e. The van der Waals surface area contributed by atoms with Crippen LogP contribution in [0.3, 0.4) is 0 Å². The molecule has 1 aromatic carbocycles. The van der Waals surface area contributed by atoms with E-state index in [1.807, 2.05) is 25.1 Å². The summed E-state index contributed by atoms with van der Waals surface area (Å²) in [6, 6.07) is 5.59. The maximum atomic E-state index is 12.3. The molecular formula is C19H27NO6. The normalized spacial score (nSPS) is 15.2. The first-order valence-corrected chi connectivity index (χ1v) is 8.61. The summed E-state index contributed by atoms with van der Waals surface area (Å²) >= 11 is 0. The number of nitrogens with zero attached hydrogens (tertiary/aromatic N) is 1. The lowest BCUT2D eigenvalue weighted by molar-refractivity contribution is -0.175. The van der Waals surface area contributed by atoms with E-state index < -0.39 is 23.8 Å². The first-order chi connectivity index (χ1) is 12.1. The fraction of sp³-hybridized carbons (Fsp3) is 0.579. The van der Waals surface area contributed by atoms with Gasteiger partial charge in [-0.3, -0.25) is 4.79 Å². The zero-order valence-electron chi connectivity index (χ0n) is 16.2. The maximum Gasteiger partial charge on any atom is 0.412 e. The molecular weight excluding hydrogens is 338 g/mol. The molecule has 1 aliphatic heterocycles. The lowest BCUT2D eigenvalue weighted by Gasteiger charge is -2.27. The molecule has 0 saturated heterocycles. The van der Waals surface area contributed by atoms with Gasteiger partial charge in [0.2, 0.25) is 13.1 Å². The van der Waals surface area contributed by atoms with E-state index in [0.717, 1.165) is 11.3 Å². The molecule has 7 heteroatoms. The summed E-state index contributed by atoms with van der Waals surface area (Å²) in [7, 11) is 1.65. The monoisotopic (exact) mass is 365 g/mol. The molecule has 0 aliphatic carbocycles. The van der Waals surface area contributed by atoms with Crippen LogP contribution in [0.25, 0.3) is 0 Å². The lowest BCUT2D eigenvalue weighted by atomic mass is 9.97. The van der Waals surface area contributed by atoms with Crippen molar-refractivity contribution in [3.63, 3.8) is 0 Å². The van der Waals surface area contributed by atoms with E-state index in [0.29, 0.717) is 12.2 Å². The van der Waals surface area contributed by atoms with Crippen molar-refractivity contribution in [1.82, 2.24) is 4.90 Å². The Balaban J connectivity index is 1.87. The van der Waals surface area contributed by atoms with Gasteiger partial charge in [0.1, 0.15) is 0 Å². The van der Waals surface area contributed by atoms with Crippen molar-refractivity contribution in [3.8, 4) is 11.5 Å². The third-order valence-electron chi connectivity index (χ3n) is 4.07. The topological polar surface area (TPSA) is 74.3 Å². The minimum absolute atomic E-state index is 0.117. The van der Waals surface area contributed by atoms with Crippen molar-refractivity contribution in [3.05, 3.63) is 23.8 Å². The average molecular weight is 365 g/mol. The highest BCUT2D eigenvalue weighted by atomic mass is 16.7. The molecule has 1 amide bonds. The van der Waals surface area contributed by atoms with E-state index in [1.54, 1.807) is 27.8 Å². The number of carbonyl (C=O) groups is 2. The van der Waals surface area contributed by atoms with Crippen molar-refractivity contribution in [2.75, 3.05) is 13.8 Å². The predicted molar refractivity (Wildman–Crippen MR) is 95.0 cm³/mol. The lowest BCUT2D eigenvalue weighted by Crippen LogP contribution is -2.39. The van der Waals surface area contributed by atoms with E-state index in [2.05, 4.69) is 0 Å². The largest absolute Gasteiger partial charge is 0.454 e. The Morgan fingerprint density at radius 1 is 1.15 bits per heavy atom. The molecule has 2 rings (SSSR count). The van der Waals surface area contributed by atoms with Crippen LogP contribution in [0.2, 0.25) is 0 Å². The summed E-state index contributed by atoms with van der Waals surface area (Å²) in [5.41, 5.74) is 0.368. The van der Waals surface area contributed by atoms with Crippen molar-refractivity contribution in [1.29, 1.82) is 0 Å². The Morgan fingerprint density at radius 3 is 2.46 bits per heavy atom. The third-order valence-corrected chi connectivity index (χ3v) is 4.07. The van der Waals surface area contributed by atoms with E-state index in [1.165, 1.54) is 11.8 Å². The second-order valence-electron chi connectivity index (χ2n) is 7.46. The molecule has 0 radical (unpaired) electrons. The molecule has 2 unspecified atom stereocenters. The van der Waals surface area contributed by atoms with Crippen LogP contribution in [0, 0.1) is 5.41 Å². The van der Waals surface area contributed by atoms with Crippen molar-refractivity contribution in [2.45, 2.75) is 53.4 Å². The molecule has 7 nitrogen and oxygen atoms in total. The highest BCUT2D eigenvalue weighted by Crippen LogP contribution is 2.33. The second-order valence-corrected chi connectivity index (χ2v) is 7.46. The molecule has 0 fully saturated rings. The van der Waals surface area contributed by atoms with Gasteiger partial charge in [0, 0.05) is 20.0 Å². The zero-order valence-corrected chi connectivity index (χ0v) is 16.2. The Kier molecular flexibility index (Phi) is 6.00. The van der Waals surface area contributed by atoms with Gasteiger partial charge in [-0.1, -0.05) is 6.07 Å². The Hall–Kier alpha value is -2.44. The standard InChI is InChI=1S/C19H27NO6/c1-12(9-14-7-8-15-16(10-14)24-11-23-15)20(6)18(22)26-13(2)25-17(21)19(3,4)5/h7-8,10,12-13H,9,11H2,1-6H3. The summed E-state index contributed by atoms with van der Waals surface area (Å²) in [6.45, 7) is 8.89. The SMILES string of the molecule is CC(OC(=O)N(C)C(C)Cc1ccc2c(c1)OCO2)OC(=O)C(C)(C)C. The van der Waals surface area contributed by atoms with Crippen molar-refractivity contribution >= 4 is 12.1 Å². The van der Waals surface area contributed by atoms with Crippen LogP contribution in [0.15, 0.2) is 18.2 Å². The van der Waals surface area contributed by atoms with Gasteiger partial charge in [0.25, 0.3) is 0 Å². The number of carbonyl (C=O) groups excluding carboxylic acids is 2. The highest BCUT2D eigenvalue weighted by molar-refractivity contribution is 5.75. The maximum absolute atomic E-state index is 12.3. The molecule has 1 aliphatic rings. The summed E-state index contributed by atoms with van der Waals surface area (Å²) in [4.78, 5) is 25.6. The van der Waals surface area contributed by atoms with Gasteiger partial charge in [-0.05, 0) is 51.8 Å². The van der Waals surface area contributed by atoms with Crippen LogP contribution < -0.4 is 9.47 Å². The van der Waals surface area contributed by atoms with Crippen LogP contribution in [0.1, 0.15) is 40.2 Å². The van der Waals surface area contributed by atoms with Crippen LogP contribution in [-0.4, -0.2) is 43.1 Å². The summed E-state index contributed by atoms with van der Waals surface area (Å²) in [5.74, 6) is 1.01. The number of likely N-dealkylation sites (N-methyl/N-ethyl adjacent to an activating group) is 1. The molecule has 1 aromatic rings. The van der Waals surface area contributed by atoms with Gasteiger partial charge in [0.15, 0.2) is 11.5 Å².